The third-order valence-corrected chi connectivity index (χ3v) is 9.27. The zero-order chi connectivity index (χ0) is 25.7. The van der Waals surface area contributed by atoms with E-state index in [-0.39, 0.29) is 30.0 Å². The lowest BCUT2D eigenvalue weighted by molar-refractivity contribution is -0.132. The topological polar surface area (TPSA) is 66.9 Å². The molecule has 1 aromatic heterocycles. The molecule has 192 valence electrons. The van der Waals surface area contributed by atoms with Gasteiger partial charge in [0, 0.05) is 24.6 Å². The van der Waals surface area contributed by atoms with Gasteiger partial charge in [-0.25, -0.2) is 8.42 Å². The number of carbonyl (C=O) groups is 1. The first-order chi connectivity index (χ1) is 18.0. The average Bonchev–Trinajstić information content (AvgIpc) is 3.63. The number of nitrogens with zero attached hydrogens (tertiary/aromatic N) is 2. The first-order valence-electron chi connectivity index (χ1n) is 12.4. The van der Waals surface area contributed by atoms with Crippen LogP contribution in [0.1, 0.15) is 23.3 Å². The number of benzene rings is 3. The van der Waals surface area contributed by atoms with Crippen molar-refractivity contribution in [3.63, 3.8) is 0 Å². The van der Waals surface area contributed by atoms with E-state index < -0.39 is 10.0 Å². The molecule has 8 heteroatoms. The SMILES string of the molecule is O=C(CN(C[C@H]1CCCO1)S(=O)(=O)c1ccc2ccccc2c1)N(Cc1ccccc1)Cc1cccs1. The van der Waals surface area contributed by atoms with Crippen molar-refractivity contribution in [2.75, 3.05) is 19.7 Å². The van der Waals surface area contributed by atoms with Gasteiger partial charge in [0.05, 0.1) is 24.1 Å². The van der Waals surface area contributed by atoms with Gasteiger partial charge in [0.25, 0.3) is 0 Å². The third kappa shape index (κ3) is 6.27. The quantitative estimate of drug-likeness (QED) is 0.277. The summed E-state index contributed by atoms with van der Waals surface area (Å²) in [7, 11) is -3.94. The number of carbonyl (C=O) groups excluding carboxylic acids is 1. The minimum atomic E-state index is -3.94. The molecule has 5 rings (SSSR count). The van der Waals surface area contributed by atoms with E-state index in [1.54, 1.807) is 28.4 Å². The van der Waals surface area contributed by atoms with Gasteiger partial charge >= 0.3 is 0 Å². The number of rotatable bonds is 10. The largest absolute Gasteiger partial charge is 0.377 e. The average molecular weight is 535 g/mol. The fourth-order valence-corrected chi connectivity index (χ4v) is 6.79. The van der Waals surface area contributed by atoms with Gasteiger partial charge in [-0.05, 0) is 52.8 Å². The molecular weight excluding hydrogens is 504 g/mol. The van der Waals surface area contributed by atoms with E-state index in [1.807, 2.05) is 78.2 Å². The van der Waals surface area contributed by atoms with Crippen LogP contribution in [0.2, 0.25) is 0 Å². The third-order valence-electron chi connectivity index (χ3n) is 6.60. The molecule has 4 aromatic rings. The van der Waals surface area contributed by atoms with Crippen LogP contribution in [-0.4, -0.2) is 49.3 Å². The van der Waals surface area contributed by atoms with E-state index in [0.717, 1.165) is 34.1 Å². The molecule has 6 nitrogen and oxygen atoms in total. The number of hydrogen-bond donors (Lipinski definition) is 0. The van der Waals surface area contributed by atoms with Gasteiger partial charge in [0.1, 0.15) is 0 Å². The normalized spacial score (nSPS) is 15.9. The number of amides is 1. The van der Waals surface area contributed by atoms with Crippen LogP contribution in [0.3, 0.4) is 0 Å². The van der Waals surface area contributed by atoms with Crippen LogP contribution >= 0.6 is 11.3 Å². The lowest BCUT2D eigenvalue weighted by Gasteiger charge is -2.28. The predicted octanol–water partition coefficient (Wildman–Crippen LogP) is 5.30. The second-order valence-electron chi connectivity index (χ2n) is 9.26. The van der Waals surface area contributed by atoms with Gasteiger partial charge in [-0.3, -0.25) is 4.79 Å². The Morgan fingerprint density at radius 2 is 1.70 bits per heavy atom. The summed E-state index contributed by atoms with van der Waals surface area (Å²) in [6, 6.07) is 26.5. The summed E-state index contributed by atoms with van der Waals surface area (Å²) >= 11 is 1.58. The van der Waals surface area contributed by atoms with Crippen LogP contribution in [0, 0.1) is 0 Å². The highest BCUT2D eigenvalue weighted by atomic mass is 32.2. The van der Waals surface area contributed by atoms with Crippen LogP contribution in [0.25, 0.3) is 10.8 Å². The van der Waals surface area contributed by atoms with Gasteiger partial charge in [-0.15, -0.1) is 11.3 Å². The second-order valence-corrected chi connectivity index (χ2v) is 12.2. The van der Waals surface area contributed by atoms with Crippen LogP contribution < -0.4 is 0 Å². The molecular formula is C29H30N2O4S2. The molecule has 0 N–H and O–H groups in total. The lowest BCUT2D eigenvalue weighted by Crippen LogP contribution is -2.45. The highest BCUT2D eigenvalue weighted by molar-refractivity contribution is 7.89. The molecule has 3 aromatic carbocycles. The Bertz CT molecular complexity index is 1430. The molecule has 37 heavy (non-hydrogen) atoms. The van der Waals surface area contributed by atoms with Crippen LogP contribution in [-0.2, 0) is 32.6 Å². The maximum Gasteiger partial charge on any atom is 0.243 e. The summed E-state index contributed by atoms with van der Waals surface area (Å²) in [5, 5.41) is 3.79. The summed E-state index contributed by atoms with van der Waals surface area (Å²) < 4.78 is 34.9. The molecule has 1 aliphatic heterocycles. The molecule has 0 bridgehead atoms. The van der Waals surface area contributed by atoms with Crippen molar-refractivity contribution in [1.82, 2.24) is 9.21 Å². The summed E-state index contributed by atoms with van der Waals surface area (Å²) in [4.78, 5) is 16.7. The maximum absolute atomic E-state index is 13.9. The first-order valence-corrected chi connectivity index (χ1v) is 14.8. The summed E-state index contributed by atoms with van der Waals surface area (Å²) in [5.74, 6) is -0.236. The summed E-state index contributed by atoms with van der Waals surface area (Å²) in [5.41, 5.74) is 0.996. The predicted molar refractivity (Wildman–Crippen MR) is 147 cm³/mol. The number of sulfonamides is 1. The molecule has 0 saturated carbocycles. The molecule has 2 heterocycles. The lowest BCUT2D eigenvalue weighted by atomic mass is 10.1. The van der Waals surface area contributed by atoms with Crippen molar-refractivity contribution in [1.29, 1.82) is 0 Å². The van der Waals surface area contributed by atoms with Gasteiger partial charge in [-0.1, -0.05) is 66.7 Å². The minimum Gasteiger partial charge on any atom is -0.377 e. The molecule has 1 fully saturated rings. The van der Waals surface area contributed by atoms with E-state index >= 15 is 0 Å². The zero-order valence-electron chi connectivity index (χ0n) is 20.5. The highest BCUT2D eigenvalue weighted by Crippen LogP contribution is 2.25. The molecule has 0 radical (unpaired) electrons. The van der Waals surface area contributed by atoms with Gasteiger partial charge in [0.15, 0.2) is 0 Å². The van der Waals surface area contributed by atoms with Crippen LogP contribution in [0.4, 0.5) is 0 Å². The smallest absolute Gasteiger partial charge is 0.243 e. The monoisotopic (exact) mass is 534 g/mol. The minimum absolute atomic E-state index is 0.152. The van der Waals surface area contributed by atoms with Crippen LogP contribution in [0.5, 0.6) is 0 Å². The standard InChI is InChI=1S/C29H30N2O4S2/c32-29(30(21-27-13-7-17-36-27)19-23-8-2-1-3-9-23)22-31(20-26-12-6-16-35-26)37(33,34)28-15-14-24-10-4-5-11-25(24)18-28/h1-5,7-11,13-15,17-18,26H,6,12,16,19-22H2/t26-/m1/s1. The molecule has 1 amide bonds. The van der Waals surface area contributed by atoms with E-state index in [9.17, 15) is 13.2 Å². The summed E-state index contributed by atoms with van der Waals surface area (Å²) in [6.07, 6.45) is 1.45. The van der Waals surface area contributed by atoms with Crippen molar-refractivity contribution in [2.45, 2.75) is 36.9 Å². The molecule has 0 unspecified atom stereocenters. The molecule has 1 aliphatic rings. The zero-order valence-corrected chi connectivity index (χ0v) is 22.2. The van der Waals surface area contributed by atoms with Crippen molar-refractivity contribution >= 4 is 38.0 Å². The number of ether oxygens (including phenoxy) is 1. The summed E-state index contributed by atoms with van der Waals surface area (Å²) in [6.45, 7) is 1.35. The molecule has 0 spiro atoms. The van der Waals surface area contributed by atoms with Crippen molar-refractivity contribution in [2.24, 2.45) is 0 Å². The van der Waals surface area contributed by atoms with Crippen molar-refractivity contribution < 1.29 is 17.9 Å². The van der Waals surface area contributed by atoms with E-state index in [2.05, 4.69) is 0 Å². The van der Waals surface area contributed by atoms with E-state index in [0.29, 0.717) is 19.7 Å². The highest BCUT2D eigenvalue weighted by Gasteiger charge is 2.32. The second kappa shape index (κ2) is 11.6. The Labute approximate surface area is 222 Å². The van der Waals surface area contributed by atoms with Gasteiger partial charge in [0.2, 0.25) is 15.9 Å². The van der Waals surface area contributed by atoms with Crippen LogP contribution in [0.15, 0.2) is 95.2 Å². The molecule has 1 saturated heterocycles. The Hall–Kier alpha value is -3.04. The van der Waals surface area contributed by atoms with Gasteiger partial charge < -0.3 is 9.64 Å². The van der Waals surface area contributed by atoms with Crippen molar-refractivity contribution in [3.05, 3.63) is 101 Å². The fraction of sp³-hybridized carbons (Fsp3) is 0.276. The Morgan fingerprint density at radius 1 is 0.919 bits per heavy atom. The van der Waals surface area contributed by atoms with E-state index in [1.165, 1.54) is 4.31 Å². The van der Waals surface area contributed by atoms with Crippen molar-refractivity contribution in [3.8, 4) is 0 Å². The number of thiophene rings is 1. The molecule has 1 atom stereocenters. The fourth-order valence-electron chi connectivity index (χ4n) is 4.62. The number of hydrogen-bond acceptors (Lipinski definition) is 5. The Kier molecular flexibility index (Phi) is 8.00. The van der Waals surface area contributed by atoms with E-state index in [4.69, 9.17) is 4.74 Å². The Morgan fingerprint density at radius 3 is 2.43 bits per heavy atom. The molecule has 0 aliphatic carbocycles. The first kappa shape index (κ1) is 25.6. The van der Waals surface area contributed by atoms with Gasteiger partial charge in [-0.2, -0.15) is 4.31 Å². The number of fused-ring (bicyclic) bond motifs is 1. The Balaban J connectivity index is 1.43. The maximum atomic E-state index is 13.9.